The molecule has 2 aliphatic heterocycles. The Hall–Kier alpha value is -2.48. The van der Waals surface area contributed by atoms with Crippen LogP contribution in [-0.4, -0.2) is 65.4 Å². The molecule has 1 aliphatic carbocycles. The van der Waals surface area contributed by atoms with Crippen molar-refractivity contribution >= 4 is 17.6 Å². The number of anilines is 3. The molecule has 28 heavy (non-hydrogen) atoms. The number of aromatic nitrogens is 4. The predicted octanol–water partition coefficient (Wildman–Crippen LogP) is 2.06. The second-order valence-electron chi connectivity index (χ2n) is 7.82. The SMILES string of the molecule is c1cc(N2CCCC(Nc3ccnc(N4CCOCC4)n3)C2)nc(C2CC2)n1. The van der Waals surface area contributed by atoms with Crippen LogP contribution >= 0.6 is 0 Å². The third kappa shape index (κ3) is 4.01. The number of nitrogens with zero attached hydrogens (tertiary/aromatic N) is 6. The molecule has 0 amide bonds. The highest BCUT2D eigenvalue weighted by Gasteiger charge is 2.28. The van der Waals surface area contributed by atoms with Gasteiger partial charge in [-0.05, 0) is 37.8 Å². The summed E-state index contributed by atoms with van der Waals surface area (Å²) in [4.78, 5) is 23.0. The second kappa shape index (κ2) is 7.87. The summed E-state index contributed by atoms with van der Waals surface area (Å²) in [7, 11) is 0. The minimum absolute atomic E-state index is 0.348. The van der Waals surface area contributed by atoms with Crippen LogP contribution in [0.25, 0.3) is 0 Å². The van der Waals surface area contributed by atoms with Gasteiger partial charge in [-0.2, -0.15) is 4.98 Å². The molecule has 0 spiro atoms. The number of rotatable bonds is 5. The molecule has 4 heterocycles. The molecule has 0 aromatic carbocycles. The molecule has 3 aliphatic rings. The maximum atomic E-state index is 5.43. The molecular weight excluding hydrogens is 354 g/mol. The van der Waals surface area contributed by atoms with Gasteiger partial charge < -0.3 is 19.9 Å². The van der Waals surface area contributed by atoms with Crippen LogP contribution in [0.2, 0.25) is 0 Å². The van der Waals surface area contributed by atoms with Crippen molar-refractivity contribution in [2.75, 3.05) is 54.5 Å². The molecule has 0 radical (unpaired) electrons. The summed E-state index contributed by atoms with van der Waals surface area (Å²) < 4.78 is 5.43. The Morgan fingerprint density at radius 2 is 1.79 bits per heavy atom. The van der Waals surface area contributed by atoms with Crippen molar-refractivity contribution < 1.29 is 4.74 Å². The first-order chi connectivity index (χ1) is 13.8. The number of nitrogens with one attached hydrogen (secondary N) is 1. The zero-order valence-corrected chi connectivity index (χ0v) is 16.1. The van der Waals surface area contributed by atoms with Gasteiger partial charge >= 0.3 is 0 Å². The number of hydrogen-bond acceptors (Lipinski definition) is 8. The molecule has 5 rings (SSSR count). The Kier molecular flexibility index (Phi) is 4.95. The van der Waals surface area contributed by atoms with Crippen LogP contribution < -0.4 is 15.1 Å². The fraction of sp³-hybridized carbons (Fsp3) is 0.600. The van der Waals surface area contributed by atoms with Crippen molar-refractivity contribution in [1.29, 1.82) is 0 Å². The highest BCUT2D eigenvalue weighted by atomic mass is 16.5. The van der Waals surface area contributed by atoms with E-state index in [0.717, 1.165) is 75.6 Å². The molecule has 0 bridgehead atoms. The largest absolute Gasteiger partial charge is 0.378 e. The summed E-state index contributed by atoms with van der Waals surface area (Å²) in [6, 6.07) is 4.34. The highest BCUT2D eigenvalue weighted by molar-refractivity contribution is 5.44. The Labute approximate surface area is 165 Å². The van der Waals surface area contributed by atoms with Gasteiger partial charge in [-0.3, -0.25) is 0 Å². The van der Waals surface area contributed by atoms with Crippen molar-refractivity contribution in [3.63, 3.8) is 0 Å². The molecule has 1 N–H and O–H groups in total. The summed E-state index contributed by atoms with van der Waals surface area (Å²) in [5, 5.41) is 3.62. The van der Waals surface area contributed by atoms with E-state index < -0.39 is 0 Å². The molecule has 2 aromatic rings. The van der Waals surface area contributed by atoms with Gasteiger partial charge in [0, 0.05) is 50.5 Å². The molecule has 1 unspecified atom stereocenters. The van der Waals surface area contributed by atoms with Gasteiger partial charge in [0.05, 0.1) is 13.2 Å². The fourth-order valence-corrected chi connectivity index (χ4v) is 3.93. The quantitative estimate of drug-likeness (QED) is 0.843. The molecule has 1 atom stereocenters. The second-order valence-corrected chi connectivity index (χ2v) is 7.82. The Morgan fingerprint density at radius 3 is 2.64 bits per heavy atom. The van der Waals surface area contributed by atoms with Gasteiger partial charge in [-0.1, -0.05) is 0 Å². The van der Waals surface area contributed by atoms with Crippen molar-refractivity contribution in [2.45, 2.75) is 37.6 Å². The maximum absolute atomic E-state index is 5.43. The van der Waals surface area contributed by atoms with E-state index in [0.29, 0.717) is 12.0 Å². The minimum Gasteiger partial charge on any atom is -0.378 e. The lowest BCUT2D eigenvalue weighted by atomic mass is 10.1. The molecular formula is C20H27N7O. The minimum atomic E-state index is 0.348. The summed E-state index contributed by atoms with van der Waals surface area (Å²) >= 11 is 0. The lowest BCUT2D eigenvalue weighted by Crippen LogP contribution is -2.43. The van der Waals surface area contributed by atoms with Gasteiger partial charge in [0.25, 0.3) is 0 Å². The van der Waals surface area contributed by atoms with E-state index in [1.54, 1.807) is 0 Å². The zero-order valence-electron chi connectivity index (χ0n) is 16.1. The van der Waals surface area contributed by atoms with Crippen LogP contribution in [0.15, 0.2) is 24.5 Å². The average Bonchev–Trinajstić information content (AvgIpc) is 3.61. The first-order valence-electron chi connectivity index (χ1n) is 10.4. The third-order valence-corrected chi connectivity index (χ3v) is 5.64. The van der Waals surface area contributed by atoms with Crippen molar-refractivity contribution in [1.82, 2.24) is 19.9 Å². The summed E-state index contributed by atoms with van der Waals surface area (Å²) in [5.41, 5.74) is 0. The van der Waals surface area contributed by atoms with Crippen LogP contribution in [0.1, 0.15) is 37.4 Å². The molecule has 1 saturated carbocycles. The monoisotopic (exact) mass is 381 g/mol. The average molecular weight is 381 g/mol. The standard InChI is InChI=1S/C20H27N7O/c1-2-16(14-27(9-1)18-6-8-21-19(25-18)15-3-4-15)23-17-5-7-22-20(24-17)26-10-12-28-13-11-26/h5-8,15-16H,1-4,9-14H2,(H,22,23,24). The lowest BCUT2D eigenvalue weighted by Gasteiger charge is -2.34. The van der Waals surface area contributed by atoms with Crippen LogP contribution in [0.4, 0.5) is 17.6 Å². The summed E-state index contributed by atoms with van der Waals surface area (Å²) in [6.45, 7) is 5.14. The molecule has 148 valence electrons. The summed E-state index contributed by atoms with van der Waals surface area (Å²) in [5.74, 6) is 4.33. The van der Waals surface area contributed by atoms with Gasteiger partial charge in [-0.25, -0.2) is 15.0 Å². The number of hydrogen-bond donors (Lipinski definition) is 1. The molecule has 2 aromatic heterocycles. The van der Waals surface area contributed by atoms with Gasteiger partial charge in [-0.15, -0.1) is 0 Å². The van der Waals surface area contributed by atoms with Crippen LogP contribution in [0, 0.1) is 0 Å². The molecule has 2 saturated heterocycles. The van der Waals surface area contributed by atoms with E-state index in [-0.39, 0.29) is 0 Å². The van der Waals surface area contributed by atoms with Crippen LogP contribution in [-0.2, 0) is 4.74 Å². The lowest BCUT2D eigenvalue weighted by molar-refractivity contribution is 0.122. The van der Waals surface area contributed by atoms with E-state index in [9.17, 15) is 0 Å². The molecule has 8 heteroatoms. The Morgan fingerprint density at radius 1 is 0.929 bits per heavy atom. The number of morpholine rings is 1. The molecule has 8 nitrogen and oxygen atoms in total. The number of ether oxygens (including phenoxy) is 1. The van der Waals surface area contributed by atoms with E-state index in [4.69, 9.17) is 14.7 Å². The maximum Gasteiger partial charge on any atom is 0.227 e. The Balaban J connectivity index is 1.25. The van der Waals surface area contributed by atoms with Crippen molar-refractivity contribution in [2.24, 2.45) is 0 Å². The van der Waals surface area contributed by atoms with E-state index >= 15 is 0 Å². The highest BCUT2D eigenvalue weighted by Crippen LogP contribution is 2.38. The predicted molar refractivity (Wildman–Crippen MR) is 108 cm³/mol. The van der Waals surface area contributed by atoms with Crippen LogP contribution in [0.3, 0.4) is 0 Å². The zero-order chi connectivity index (χ0) is 18.8. The topological polar surface area (TPSA) is 79.3 Å². The van der Waals surface area contributed by atoms with Gasteiger partial charge in [0.15, 0.2) is 0 Å². The van der Waals surface area contributed by atoms with Gasteiger partial charge in [0.2, 0.25) is 5.95 Å². The Bertz CT molecular complexity index is 807. The van der Waals surface area contributed by atoms with Gasteiger partial charge in [0.1, 0.15) is 17.5 Å². The van der Waals surface area contributed by atoms with E-state index in [1.165, 1.54) is 12.8 Å². The van der Waals surface area contributed by atoms with Crippen molar-refractivity contribution in [3.05, 3.63) is 30.4 Å². The first-order valence-corrected chi connectivity index (χ1v) is 10.4. The fourth-order valence-electron chi connectivity index (χ4n) is 3.93. The number of piperidine rings is 1. The first kappa shape index (κ1) is 17.6. The van der Waals surface area contributed by atoms with E-state index in [1.807, 2.05) is 24.5 Å². The normalized spacial score (nSPS) is 22.9. The molecule has 3 fully saturated rings. The van der Waals surface area contributed by atoms with E-state index in [2.05, 4.69) is 25.1 Å². The van der Waals surface area contributed by atoms with Crippen LogP contribution in [0.5, 0.6) is 0 Å². The summed E-state index contributed by atoms with van der Waals surface area (Å²) in [6.07, 6.45) is 8.48. The van der Waals surface area contributed by atoms with Crippen molar-refractivity contribution in [3.8, 4) is 0 Å². The third-order valence-electron chi connectivity index (χ3n) is 5.64. The smallest absolute Gasteiger partial charge is 0.227 e.